The Balaban J connectivity index is 2.55. The molecule has 0 fully saturated rings. The van der Waals surface area contributed by atoms with E-state index >= 15 is 0 Å². The van der Waals surface area contributed by atoms with Crippen LogP contribution in [0.1, 0.15) is 21.5 Å². The summed E-state index contributed by atoms with van der Waals surface area (Å²) in [5.74, 6) is -0.732. The average molecular weight is 409 g/mol. The third-order valence-corrected chi connectivity index (χ3v) is 3.70. The summed E-state index contributed by atoms with van der Waals surface area (Å²) in [5.41, 5.74) is -1.32. The highest BCUT2D eigenvalue weighted by molar-refractivity contribution is 9.11. The fourth-order valence-corrected chi connectivity index (χ4v) is 2.87. The van der Waals surface area contributed by atoms with E-state index in [2.05, 4.69) is 36.8 Å². The molecule has 0 aliphatic carbocycles. The lowest BCUT2D eigenvalue weighted by molar-refractivity contribution is -0.137. The first kappa shape index (κ1) is 15.2. The van der Waals surface area contributed by atoms with Crippen LogP contribution in [-0.2, 0) is 6.18 Å². The SMILES string of the molecule is O=C(c1ccc(Br)cc1Br)c1cnccc1C(F)(F)F. The summed E-state index contributed by atoms with van der Waals surface area (Å²) in [4.78, 5) is 15.9. The van der Waals surface area contributed by atoms with Crippen molar-refractivity contribution in [3.05, 3.63) is 62.3 Å². The molecule has 0 amide bonds. The molecule has 0 saturated carbocycles. The quantitative estimate of drug-likeness (QED) is 0.664. The predicted molar refractivity (Wildman–Crippen MR) is 74.5 cm³/mol. The van der Waals surface area contributed by atoms with Gasteiger partial charge in [-0.05, 0) is 40.2 Å². The van der Waals surface area contributed by atoms with Crippen molar-refractivity contribution in [3.8, 4) is 0 Å². The van der Waals surface area contributed by atoms with Crippen molar-refractivity contribution in [3.63, 3.8) is 0 Å². The minimum absolute atomic E-state index is 0.145. The summed E-state index contributed by atoms with van der Waals surface area (Å²) >= 11 is 6.38. The molecule has 0 unspecified atom stereocenters. The third-order valence-electron chi connectivity index (χ3n) is 2.55. The number of hydrogen-bond acceptors (Lipinski definition) is 2. The molecule has 0 saturated heterocycles. The Hall–Kier alpha value is -1.21. The molecule has 0 spiro atoms. The van der Waals surface area contributed by atoms with Crippen LogP contribution in [0.5, 0.6) is 0 Å². The molecule has 1 aromatic carbocycles. The number of rotatable bonds is 2. The van der Waals surface area contributed by atoms with Crippen LogP contribution >= 0.6 is 31.9 Å². The van der Waals surface area contributed by atoms with E-state index in [4.69, 9.17) is 0 Å². The van der Waals surface area contributed by atoms with E-state index < -0.39 is 23.1 Å². The van der Waals surface area contributed by atoms with Crippen LogP contribution in [0.2, 0.25) is 0 Å². The summed E-state index contributed by atoms with van der Waals surface area (Å²) in [7, 11) is 0. The Bertz CT molecular complexity index is 671. The van der Waals surface area contributed by atoms with Gasteiger partial charge in [0.05, 0.1) is 11.1 Å². The second-order valence-corrected chi connectivity index (χ2v) is 5.64. The molecular weight excluding hydrogens is 403 g/mol. The molecule has 0 atom stereocenters. The highest BCUT2D eigenvalue weighted by Gasteiger charge is 2.35. The summed E-state index contributed by atoms with van der Waals surface area (Å²) in [5, 5.41) is 0. The van der Waals surface area contributed by atoms with E-state index in [1.165, 1.54) is 6.07 Å². The van der Waals surface area contributed by atoms with Crippen molar-refractivity contribution >= 4 is 37.6 Å². The largest absolute Gasteiger partial charge is 0.417 e. The normalized spacial score (nSPS) is 11.4. The average Bonchev–Trinajstić information content (AvgIpc) is 2.37. The number of halogens is 5. The molecule has 2 aromatic rings. The molecule has 2 nitrogen and oxygen atoms in total. The molecule has 1 heterocycles. The predicted octanol–water partition coefficient (Wildman–Crippen LogP) is 4.86. The molecule has 0 radical (unpaired) electrons. The van der Waals surface area contributed by atoms with Crippen LogP contribution in [0.3, 0.4) is 0 Å². The molecule has 104 valence electrons. The highest BCUT2D eigenvalue weighted by Crippen LogP contribution is 2.33. The molecule has 0 aliphatic rings. The first-order valence-corrected chi connectivity index (χ1v) is 6.90. The Kier molecular flexibility index (Phi) is 4.29. The van der Waals surface area contributed by atoms with Crippen molar-refractivity contribution in [2.24, 2.45) is 0 Å². The number of ketones is 1. The van der Waals surface area contributed by atoms with Crippen LogP contribution in [0.15, 0.2) is 45.6 Å². The molecule has 0 bridgehead atoms. The summed E-state index contributed by atoms with van der Waals surface area (Å²) < 4.78 is 39.8. The lowest BCUT2D eigenvalue weighted by Gasteiger charge is -2.12. The van der Waals surface area contributed by atoms with E-state index in [-0.39, 0.29) is 5.56 Å². The van der Waals surface area contributed by atoms with E-state index in [9.17, 15) is 18.0 Å². The number of nitrogens with zero attached hydrogens (tertiary/aromatic N) is 1. The van der Waals surface area contributed by atoms with Crippen LogP contribution in [0.4, 0.5) is 13.2 Å². The Morgan fingerprint density at radius 3 is 2.40 bits per heavy atom. The van der Waals surface area contributed by atoms with E-state index in [0.29, 0.717) is 8.95 Å². The van der Waals surface area contributed by atoms with Gasteiger partial charge in [0.15, 0.2) is 5.78 Å². The first-order valence-electron chi connectivity index (χ1n) is 5.31. The molecule has 7 heteroatoms. The van der Waals surface area contributed by atoms with Crippen molar-refractivity contribution in [2.45, 2.75) is 6.18 Å². The van der Waals surface area contributed by atoms with Gasteiger partial charge in [-0.25, -0.2) is 0 Å². The minimum Gasteiger partial charge on any atom is -0.288 e. The van der Waals surface area contributed by atoms with Gasteiger partial charge >= 0.3 is 6.18 Å². The summed E-state index contributed by atoms with van der Waals surface area (Å²) in [6.07, 6.45) is -2.66. The van der Waals surface area contributed by atoms with Crippen LogP contribution in [0, 0.1) is 0 Å². The van der Waals surface area contributed by atoms with Gasteiger partial charge in [0, 0.05) is 26.9 Å². The van der Waals surface area contributed by atoms with Crippen molar-refractivity contribution in [2.75, 3.05) is 0 Å². The Morgan fingerprint density at radius 2 is 1.80 bits per heavy atom. The van der Waals surface area contributed by atoms with Crippen LogP contribution < -0.4 is 0 Å². The van der Waals surface area contributed by atoms with Gasteiger partial charge in [0.1, 0.15) is 0 Å². The Morgan fingerprint density at radius 1 is 1.10 bits per heavy atom. The Labute approximate surface area is 129 Å². The highest BCUT2D eigenvalue weighted by atomic mass is 79.9. The number of carbonyl (C=O) groups is 1. The minimum atomic E-state index is -4.60. The lowest BCUT2D eigenvalue weighted by atomic mass is 10.0. The fraction of sp³-hybridized carbons (Fsp3) is 0.0769. The molecule has 0 N–H and O–H groups in total. The molecule has 0 aliphatic heterocycles. The van der Waals surface area contributed by atoms with Crippen molar-refractivity contribution in [1.29, 1.82) is 0 Å². The number of benzene rings is 1. The smallest absolute Gasteiger partial charge is 0.288 e. The van der Waals surface area contributed by atoms with Gasteiger partial charge in [-0.1, -0.05) is 15.9 Å². The zero-order valence-corrected chi connectivity index (χ0v) is 12.9. The van der Waals surface area contributed by atoms with Crippen molar-refractivity contribution < 1.29 is 18.0 Å². The molecule has 2 rings (SSSR count). The van der Waals surface area contributed by atoms with Gasteiger partial charge in [-0.15, -0.1) is 0 Å². The molecular formula is C13H6Br2F3NO. The lowest BCUT2D eigenvalue weighted by Crippen LogP contribution is -2.14. The number of alkyl halides is 3. The topological polar surface area (TPSA) is 30.0 Å². The van der Waals surface area contributed by atoms with Gasteiger partial charge in [0.2, 0.25) is 0 Å². The van der Waals surface area contributed by atoms with E-state index in [1.54, 1.807) is 12.1 Å². The number of aromatic nitrogens is 1. The van der Waals surface area contributed by atoms with E-state index in [0.717, 1.165) is 18.5 Å². The summed E-state index contributed by atoms with van der Waals surface area (Å²) in [6, 6.07) is 5.42. The maximum Gasteiger partial charge on any atom is 0.417 e. The van der Waals surface area contributed by atoms with Gasteiger partial charge < -0.3 is 0 Å². The third kappa shape index (κ3) is 3.09. The maximum absolute atomic E-state index is 12.9. The molecule has 1 aromatic heterocycles. The maximum atomic E-state index is 12.9. The van der Waals surface area contributed by atoms with Gasteiger partial charge in [-0.3, -0.25) is 9.78 Å². The van der Waals surface area contributed by atoms with Gasteiger partial charge in [0.25, 0.3) is 0 Å². The standard InChI is InChI=1S/C13H6Br2F3NO/c14-7-1-2-8(11(15)5-7)12(20)9-6-19-4-3-10(9)13(16,17)18/h1-6H. The van der Waals surface area contributed by atoms with Crippen LogP contribution in [0.25, 0.3) is 0 Å². The zero-order chi connectivity index (χ0) is 14.9. The number of hydrogen-bond donors (Lipinski definition) is 0. The number of pyridine rings is 1. The second-order valence-electron chi connectivity index (χ2n) is 3.87. The van der Waals surface area contributed by atoms with Gasteiger partial charge in [-0.2, -0.15) is 13.2 Å². The van der Waals surface area contributed by atoms with E-state index in [1.807, 2.05) is 0 Å². The second kappa shape index (κ2) is 5.65. The van der Waals surface area contributed by atoms with Crippen LogP contribution in [-0.4, -0.2) is 10.8 Å². The fourth-order valence-electron chi connectivity index (χ4n) is 1.64. The van der Waals surface area contributed by atoms with Crippen molar-refractivity contribution in [1.82, 2.24) is 4.98 Å². The summed E-state index contributed by atoms with van der Waals surface area (Å²) in [6.45, 7) is 0. The monoisotopic (exact) mass is 407 g/mol. The molecule has 20 heavy (non-hydrogen) atoms. The zero-order valence-electron chi connectivity index (χ0n) is 9.71. The number of carbonyl (C=O) groups excluding carboxylic acids is 1. The first-order chi connectivity index (χ1) is 9.30.